The van der Waals surface area contributed by atoms with Crippen LogP contribution in [-0.4, -0.2) is 16.1 Å². The summed E-state index contributed by atoms with van der Waals surface area (Å²) in [5.41, 5.74) is 7.19. The molecule has 100 valence electrons. The van der Waals surface area contributed by atoms with E-state index in [2.05, 4.69) is 15.5 Å². The average Bonchev–Trinajstić information content (AvgIpc) is 2.81. The molecule has 0 aliphatic rings. The first-order valence-corrected chi connectivity index (χ1v) is 5.94. The fraction of sp³-hybridized carbons (Fsp3) is 0. The molecule has 1 aromatic heterocycles. The molecular formula is C14H11FN4O. The molecule has 4 N–H and O–H groups in total. The monoisotopic (exact) mass is 270 g/mol. The highest BCUT2D eigenvalue weighted by Crippen LogP contribution is 2.22. The predicted molar refractivity (Wildman–Crippen MR) is 74.9 cm³/mol. The zero-order valence-electron chi connectivity index (χ0n) is 10.4. The van der Waals surface area contributed by atoms with E-state index < -0.39 is 5.82 Å². The van der Waals surface area contributed by atoms with Gasteiger partial charge >= 0.3 is 0 Å². The molecule has 0 aliphatic heterocycles. The third kappa shape index (κ3) is 2.18. The Hall–Kier alpha value is -2.89. The highest BCUT2D eigenvalue weighted by molar-refractivity contribution is 6.08. The smallest absolute Gasteiger partial charge is 0.256 e. The Morgan fingerprint density at radius 2 is 2.10 bits per heavy atom. The Kier molecular flexibility index (Phi) is 2.83. The number of nitrogens with zero attached hydrogens (tertiary/aromatic N) is 1. The Morgan fingerprint density at radius 1 is 1.25 bits per heavy atom. The van der Waals surface area contributed by atoms with Crippen LogP contribution in [0.1, 0.15) is 10.4 Å². The van der Waals surface area contributed by atoms with Crippen LogP contribution >= 0.6 is 0 Å². The van der Waals surface area contributed by atoms with E-state index in [9.17, 15) is 9.18 Å². The van der Waals surface area contributed by atoms with Crippen molar-refractivity contribution in [2.45, 2.75) is 0 Å². The van der Waals surface area contributed by atoms with Gasteiger partial charge < -0.3 is 11.1 Å². The number of carbonyl (C=O) groups is 1. The van der Waals surface area contributed by atoms with Crippen molar-refractivity contribution in [3.63, 3.8) is 0 Å². The number of nitrogens with two attached hydrogens (primary N) is 1. The highest BCUT2D eigenvalue weighted by atomic mass is 19.1. The van der Waals surface area contributed by atoms with Crippen LogP contribution in [0.4, 0.5) is 15.9 Å². The predicted octanol–water partition coefficient (Wildman–Crippen LogP) is 2.54. The van der Waals surface area contributed by atoms with Crippen LogP contribution in [0, 0.1) is 5.82 Å². The molecule has 0 saturated heterocycles. The molecule has 0 unspecified atom stereocenters. The summed E-state index contributed by atoms with van der Waals surface area (Å²) in [7, 11) is 0. The van der Waals surface area contributed by atoms with Crippen molar-refractivity contribution < 1.29 is 9.18 Å². The van der Waals surface area contributed by atoms with Crippen LogP contribution in [0.2, 0.25) is 0 Å². The molecule has 0 saturated carbocycles. The standard InChI is InChI=1S/C14H11FN4O/c15-9-4-5-12-11(7-9)13(19-18-12)17-14(20)8-2-1-3-10(16)6-8/h1-7H,16H2,(H2,17,18,19,20). The first kappa shape index (κ1) is 12.2. The number of benzene rings is 2. The van der Waals surface area contributed by atoms with Crippen molar-refractivity contribution in [2.75, 3.05) is 11.1 Å². The summed E-state index contributed by atoms with van der Waals surface area (Å²) < 4.78 is 13.2. The maximum absolute atomic E-state index is 13.2. The number of aromatic nitrogens is 2. The van der Waals surface area contributed by atoms with Gasteiger partial charge in [-0.2, -0.15) is 5.10 Å². The van der Waals surface area contributed by atoms with Gasteiger partial charge in [0, 0.05) is 16.6 Å². The maximum atomic E-state index is 13.2. The van der Waals surface area contributed by atoms with Crippen LogP contribution in [0.15, 0.2) is 42.5 Å². The topological polar surface area (TPSA) is 83.8 Å². The number of amides is 1. The molecule has 20 heavy (non-hydrogen) atoms. The van der Waals surface area contributed by atoms with E-state index >= 15 is 0 Å². The van der Waals surface area contributed by atoms with Crippen LogP contribution in [0.5, 0.6) is 0 Å². The molecule has 2 aromatic carbocycles. The van der Waals surface area contributed by atoms with E-state index in [-0.39, 0.29) is 11.7 Å². The number of fused-ring (bicyclic) bond motifs is 1. The number of H-pyrrole nitrogens is 1. The van der Waals surface area contributed by atoms with Crippen molar-refractivity contribution >= 4 is 28.3 Å². The van der Waals surface area contributed by atoms with Gasteiger partial charge in [-0.1, -0.05) is 6.07 Å². The summed E-state index contributed by atoms with van der Waals surface area (Å²) >= 11 is 0. The number of hydrogen-bond acceptors (Lipinski definition) is 3. The number of nitrogens with one attached hydrogen (secondary N) is 2. The van der Waals surface area contributed by atoms with E-state index in [4.69, 9.17) is 5.73 Å². The highest BCUT2D eigenvalue weighted by Gasteiger charge is 2.11. The number of carbonyl (C=O) groups excluding carboxylic acids is 1. The fourth-order valence-corrected chi connectivity index (χ4v) is 1.94. The van der Waals surface area contributed by atoms with Crippen LogP contribution < -0.4 is 11.1 Å². The molecular weight excluding hydrogens is 259 g/mol. The fourth-order valence-electron chi connectivity index (χ4n) is 1.94. The first-order valence-electron chi connectivity index (χ1n) is 5.94. The summed E-state index contributed by atoms with van der Waals surface area (Å²) in [5.74, 6) is -0.458. The van der Waals surface area contributed by atoms with Crippen molar-refractivity contribution in [2.24, 2.45) is 0 Å². The summed E-state index contributed by atoms with van der Waals surface area (Å²) in [6.07, 6.45) is 0. The third-order valence-corrected chi connectivity index (χ3v) is 2.91. The molecule has 0 aliphatic carbocycles. The van der Waals surface area contributed by atoms with Crippen molar-refractivity contribution in [3.05, 3.63) is 53.8 Å². The number of anilines is 2. The second-order valence-electron chi connectivity index (χ2n) is 4.34. The number of aromatic amines is 1. The minimum atomic E-state index is -0.390. The van der Waals surface area contributed by atoms with Gasteiger partial charge in [-0.25, -0.2) is 4.39 Å². The lowest BCUT2D eigenvalue weighted by Crippen LogP contribution is -2.12. The molecule has 5 nitrogen and oxygen atoms in total. The zero-order valence-corrected chi connectivity index (χ0v) is 10.4. The second kappa shape index (κ2) is 4.65. The number of nitrogen functional groups attached to an aromatic ring is 1. The normalized spacial score (nSPS) is 10.7. The molecule has 1 amide bonds. The first-order chi connectivity index (χ1) is 9.63. The Morgan fingerprint density at radius 3 is 2.90 bits per heavy atom. The molecule has 3 rings (SSSR count). The molecule has 0 fully saturated rings. The summed E-state index contributed by atoms with van der Waals surface area (Å²) in [6.45, 7) is 0. The van der Waals surface area contributed by atoms with Gasteiger partial charge in [-0.3, -0.25) is 9.89 Å². The van der Waals surface area contributed by atoms with Gasteiger partial charge in [0.1, 0.15) is 5.82 Å². The second-order valence-corrected chi connectivity index (χ2v) is 4.34. The largest absolute Gasteiger partial charge is 0.399 e. The van der Waals surface area contributed by atoms with E-state index in [1.807, 2.05) is 0 Å². The Labute approximate surface area is 113 Å². The SMILES string of the molecule is Nc1cccc(C(=O)Nc2n[nH]c3ccc(F)cc23)c1. The average molecular weight is 270 g/mol. The number of halogens is 1. The molecule has 0 radical (unpaired) electrons. The zero-order chi connectivity index (χ0) is 14.1. The molecule has 1 heterocycles. The molecule has 0 bridgehead atoms. The quantitative estimate of drug-likeness (QED) is 0.626. The molecule has 0 spiro atoms. The van der Waals surface area contributed by atoms with E-state index in [1.165, 1.54) is 12.1 Å². The van der Waals surface area contributed by atoms with E-state index in [0.29, 0.717) is 22.2 Å². The Balaban J connectivity index is 1.93. The van der Waals surface area contributed by atoms with Crippen molar-refractivity contribution in [3.8, 4) is 0 Å². The summed E-state index contributed by atoms with van der Waals surface area (Å²) in [6, 6.07) is 10.8. The van der Waals surface area contributed by atoms with Gasteiger partial charge in [-0.15, -0.1) is 0 Å². The van der Waals surface area contributed by atoms with Crippen LogP contribution in [0.25, 0.3) is 10.9 Å². The van der Waals surface area contributed by atoms with Gasteiger partial charge in [0.25, 0.3) is 5.91 Å². The lowest BCUT2D eigenvalue weighted by atomic mass is 10.2. The number of hydrogen-bond donors (Lipinski definition) is 3. The Bertz CT molecular complexity index is 797. The molecule has 3 aromatic rings. The maximum Gasteiger partial charge on any atom is 0.256 e. The third-order valence-electron chi connectivity index (χ3n) is 2.91. The van der Waals surface area contributed by atoms with Gasteiger partial charge in [0.05, 0.1) is 5.52 Å². The lowest BCUT2D eigenvalue weighted by Gasteiger charge is -2.03. The minimum absolute atomic E-state index is 0.284. The molecule has 0 atom stereocenters. The van der Waals surface area contributed by atoms with Gasteiger partial charge in [-0.05, 0) is 36.4 Å². The van der Waals surface area contributed by atoms with Crippen molar-refractivity contribution in [1.82, 2.24) is 10.2 Å². The van der Waals surface area contributed by atoms with Crippen LogP contribution in [-0.2, 0) is 0 Å². The summed E-state index contributed by atoms with van der Waals surface area (Å²) in [5, 5.41) is 9.85. The van der Waals surface area contributed by atoms with Gasteiger partial charge in [0.15, 0.2) is 5.82 Å². The van der Waals surface area contributed by atoms with E-state index in [0.717, 1.165) is 0 Å². The molecule has 6 heteroatoms. The summed E-state index contributed by atoms with van der Waals surface area (Å²) in [4.78, 5) is 12.1. The number of rotatable bonds is 2. The minimum Gasteiger partial charge on any atom is -0.399 e. The van der Waals surface area contributed by atoms with Crippen molar-refractivity contribution in [1.29, 1.82) is 0 Å². The lowest BCUT2D eigenvalue weighted by molar-refractivity contribution is 0.102. The van der Waals surface area contributed by atoms with Crippen LogP contribution in [0.3, 0.4) is 0 Å². The van der Waals surface area contributed by atoms with E-state index in [1.54, 1.807) is 30.3 Å². The van der Waals surface area contributed by atoms with Gasteiger partial charge in [0.2, 0.25) is 0 Å².